The Balaban J connectivity index is 2.67. The molecular weight excluding hydrogens is 150 g/mol. The van der Waals surface area contributed by atoms with Gasteiger partial charge < -0.3 is 5.73 Å². The van der Waals surface area contributed by atoms with Crippen molar-refractivity contribution in [3.8, 4) is 0 Å². The van der Waals surface area contributed by atoms with Gasteiger partial charge in [-0.1, -0.05) is 18.2 Å². The van der Waals surface area contributed by atoms with Crippen LogP contribution in [0.1, 0.15) is 5.69 Å². The summed E-state index contributed by atoms with van der Waals surface area (Å²) in [6, 6.07) is 9.82. The highest BCUT2D eigenvalue weighted by Gasteiger charge is 1.95. The van der Waals surface area contributed by atoms with Gasteiger partial charge in [0.15, 0.2) is 0 Å². The van der Waals surface area contributed by atoms with Gasteiger partial charge in [0.25, 0.3) is 0 Å². The monoisotopic (exact) mass is 159 g/mol. The molecule has 0 radical (unpaired) electrons. The number of hydrogen-bond donors (Lipinski definition) is 1. The number of rotatable bonds is 1. The van der Waals surface area contributed by atoms with E-state index in [9.17, 15) is 0 Å². The van der Waals surface area contributed by atoms with Crippen molar-refractivity contribution >= 4 is 10.9 Å². The van der Waals surface area contributed by atoms with Gasteiger partial charge in [-0.3, -0.25) is 0 Å². The minimum absolute atomic E-state index is 0.442. The molecule has 1 aromatic heterocycles. The third-order valence-corrected chi connectivity index (χ3v) is 1.75. The van der Waals surface area contributed by atoms with Crippen LogP contribution in [0.5, 0.6) is 0 Å². The van der Waals surface area contributed by atoms with E-state index in [4.69, 9.17) is 5.73 Å². The summed E-state index contributed by atoms with van der Waals surface area (Å²) in [5.41, 5.74) is 7.18. The molecule has 0 saturated heterocycles. The number of benzene rings is 1. The summed E-state index contributed by atoms with van der Waals surface area (Å²) >= 11 is 0. The van der Waals surface area contributed by atoms with Crippen molar-refractivity contribution in [2.75, 3.05) is 0 Å². The van der Waals surface area contributed by atoms with Crippen LogP contribution in [-0.2, 0) is 6.54 Å². The SMILES string of the molecule is NCc1cc2ccccc2nn1. The van der Waals surface area contributed by atoms with Crippen LogP contribution in [0.15, 0.2) is 30.3 Å². The molecule has 0 atom stereocenters. The van der Waals surface area contributed by atoms with Crippen LogP contribution in [0.4, 0.5) is 0 Å². The summed E-state index contributed by atoms with van der Waals surface area (Å²) < 4.78 is 0. The topological polar surface area (TPSA) is 51.8 Å². The molecule has 0 bridgehead atoms. The number of aromatic nitrogens is 2. The Hall–Kier alpha value is -1.48. The highest BCUT2D eigenvalue weighted by Crippen LogP contribution is 2.09. The Labute approximate surface area is 70.2 Å². The van der Waals surface area contributed by atoms with Crippen molar-refractivity contribution in [2.24, 2.45) is 5.73 Å². The van der Waals surface area contributed by atoms with Gasteiger partial charge in [-0.2, -0.15) is 10.2 Å². The van der Waals surface area contributed by atoms with Crippen molar-refractivity contribution < 1.29 is 0 Å². The standard InChI is InChI=1S/C9H9N3/c10-6-8-5-7-3-1-2-4-9(7)12-11-8/h1-5H,6,10H2. The normalized spacial score (nSPS) is 10.4. The quantitative estimate of drug-likeness (QED) is 0.677. The number of nitrogens with zero attached hydrogens (tertiary/aromatic N) is 2. The molecule has 2 rings (SSSR count). The van der Waals surface area contributed by atoms with Gasteiger partial charge in [-0.05, 0) is 12.1 Å². The molecule has 0 aliphatic heterocycles. The fourth-order valence-electron chi connectivity index (χ4n) is 1.13. The van der Waals surface area contributed by atoms with Crippen molar-refractivity contribution in [1.29, 1.82) is 0 Å². The molecule has 0 fully saturated rings. The molecule has 3 nitrogen and oxygen atoms in total. The van der Waals surface area contributed by atoms with E-state index in [1.165, 1.54) is 0 Å². The summed E-state index contributed by atoms with van der Waals surface area (Å²) in [7, 11) is 0. The molecule has 0 aliphatic carbocycles. The largest absolute Gasteiger partial charge is 0.325 e. The first-order valence-corrected chi connectivity index (χ1v) is 3.81. The molecule has 1 aromatic carbocycles. The molecule has 12 heavy (non-hydrogen) atoms. The van der Waals surface area contributed by atoms with E-state index in [1.807, 2.05) is 30.3 Å². The molecule has 2 N–H and O–H groups in total. The highest BCUT2D eigenvalue weighted by atomic mass is 15.1. The zero-order valence-corrected chi connectivity index (χ0v) is 6.57. The lowest BCUT2D eigenvalue weighted by atomic mass is 10.2. The first kappa shape index (κ1) is 7.18. The lowest BCUT2D eigenvalue weighted by molar-refractivity contribution is 0.920. The van der Waals surface area contributed by atoms with Crippen LogP contribution in [-0.4, -0.2) is 10.2 Å². The second-order valence-electron chi connectivity index (χ2n) is 2.60. The van der Waals surface area contributed by atoms with E-state index < -0.39 is 0 Å². The highest BCUT2D eigenvalue weighted by molar-refractivity contribution is 5.77. The summed E-state index contributed by atoms with van der Waals surface area (Å²) in [5.74, 6) is 0. The first-order valence-electron chi connectivity index (χ1n) is 3.81. The second kappa shape index (κ2) is 2.87. The molecule has 3 heteroatoms. The van der Waals surface area contributed by atoms with Crippen LogP contribution < -0.4 is 5.73 Å². The second-order valence-corrected chi connectivity index (χ2v) is 2.60. The number of fused-ring (bicyclic) bond motifs is 1. The molecule has 0 unspecified atom stereocenters. The van der Waals surface area contributed by atoms with Crippen LogP contribution in [0.3, 0.4) is 0 Å². The summed E-state index contributed by atoms with van der Waals surface area (Å²) in [4.78, 5) is 0. The van der Waals surface area contributed by atoms with Crippen LogP contribution in [0.25, 0.3) is 10.9 Å². The minimum atomic E-state index is 0.442. The smallest absolute Gasteiger partial charge is 0.0929 e. The van der Waals surface area contributed by atoms with Crippen LogP contribution >= 0.6 is 0 Å². The Morgan fingerprint density at radius 3 is 2.83 bits per heavy atom. The maximum Gasteiger partial charge on any atom is 0.0929 e. The lowest BCUT2D eigenvalue weighted by Gasteiger charge is -1.97. The van der Waals surface area contributed by atoms with E-state index in [-0.39, 0.29) is 0 Å². The average molecular weight is 159 g/mol. The van der Waals surface area contributed by atoms with Crippen molar-refractivity contribution in [3.05, 3.63) is 36.0 Å². The Kier molecular flexibility index (Phi) is 1.72. The summed E-state index contributed by atoms with van der Waals surface area (Å²) in [5, 5.41) is 9.06. The van der Waals surface area contributed by atoms with E-state index in [0.29, 0.717) is 6.54 Å². The summed E-state index contributed by atoms with van der Waals surface area (Å²) in [6.07, 6.45) is 0. The van der Waals surface area contributed by atoms with Crippen molar-refractivity contribution in [1.82, 2.24) is 10.2 Å². The lowest BCUT2D eigenvalue weighted by Crippen LogP contribution is -2.00. The van der Waals surface area contributed by atoms with Crippen molar-refractivity contribution in [3.63, 3.8) is 0 Å². The van der Waals surface area contributed by atoms with Gasteiger partial charge in [0.2, 0.25) is 0 Å². The van der Waals surface area contributed by atoms with E-state index in [2.05, 4.69) is 10.2 Å². The molecule has 60 valence electrons. The van der Waals surface area contributed by atoms with E-state index in [0.717, 1.165) is 16.6 Å². The van der Waals surface area contributed by atoms with Crippen molar-refractivity contribution in [2.45, 2.75) is 6.54 Å². The maximum atomic E-state index is 5.44. The number of hydrogen-bond acceptors (Lipinski definition) is 3. The molecule has 0 spiro atoms. The zero-order chi connectivity index (χ0) is 8.39. The number of nitrogens with two attached hydrogens (primary N) is 1. The summed E-state index contributed by atoms with van der Waals surface area (Å²) in [6.45, 7) is 0.442. The third kappa shape index (κ3) is 1.14. The van der Waals surface area contributed by atoms with Crippen LogP contribution in [0, 0.1) is 0 Å². The minimum Gasteiger partial charge on any atom is -0.325 e. The third-order valence-electron chi connectivity index (χ3n) is 1.75. The van der Waals surface area contributed by atoms with E-state index >= 15 is 0 Å². The van der Waals surface area contributed by atoms with E-state index in [1.54, 1.807) is 0 Å². The van der Waals surface area contributed by atoms with Crippen LogP contribution in [0.2, 0.25) is 0 Å². The van der Waals surface area contributed by atoms with Gasteiger partial charge in [-0.25, -0.2) is 0 Å². The fourth-order valence-corrected chi connectivity index (χ4v) is 1.13. The molecule has 0 aliphatic rings. The van der Waals surface area contributed by atoms with Gasteiger partial charge in [0, 0.05) is 11.9 Å². The molecular formula is C9H9N3. The van der Waals surface area contributed by atoms with Gasteiger partial charge in [-0.15, -0.1) is 0 Å². The Morgan fingerprint density at radius 2 is 2.00 bits per heavy atom. The molecule has 1 heterocycles. The first-order chi connectivity index (χ1) is 5.90. The predicted molar refractivity (Wildman–Crippen MR) is 47.4 cm³/mol. The fraction of sp³-hybridized carbons (Fsp3) is 0.111. The molecule has 2 aromatic rings. The van der Waals surface area contributed by atoms with Gasteiger partial charge in [0.1, 0.15) is 0 Å². The van der Waals surface area contributed by atoms with Gasteiger partial charge >= 0.3 is 0 Å². The van der Waals surface area contributed by atoms with Gasteiger partial charge in [0.05, 0.1) is 11.2 Å². The zero-order valence-electron chi connectivity index (χ0n) is 6.57. The Bertz CT molecular complexity index is 398. The molecule has 0 saturated carbocycles. The average Bonchev–Trinajstić information content (AvgIpc) is 2.17. The molecule has 0 amide bonds. The maximum absolute atomic E-state index is 5.44. The Morgan fingerprint density at radius 1 is 1.17 bits per heavy atom. The predicted octanol–water partition coefficient (Wildman–Crippen LogP) is 1.09.